The monoisotopic (exact) mass is 405 g/mol. The summed E-state index contributed by atoms with van der Waals surface area (Å²) in [7, 11) is 2.24. The highest BCUT2D eigenvalue weighted by Crippen LogP contribution is 2.35. The molecule has 0 saturated carbocycles. The predicted molar refractivity (Wildman–Crippen MR) is 121 cm³/mol. The van der Waals surface area contributed by atoms with Crippen LogP contribution < -0.4 is 5.32 Å². The number of aromatic nitrogens is 1. The van der Waals surface area contributed by atoms with Gasteiger partial charge in [-0.15, -0.1) is 11.3 Å². The topological polar surface area (TPSA) is 37.4 Å². The first-order valence-corrected chi connectivity index (χ1v) is 11.2. The van der Waals surface area contributed by atoms with Gasteiger partial charge in [0, 0.05) is 54.0 Å². The van der Waals surface area contributed by atoms with Crippen LogP contribution in [0.25, 0.3) is 0 Å². The van der Waals surface area contributed by atoms with Crippen molar-refractivity contribution in [3.63, 3.8) is 0 Å². The summed E-state index contributed by atoms with van der Waals surface area (Å²) in [4.78, 5) is 8.16. The lowest BCUT2D eigenvalue weighted by molar-refractivity contribution is 0.0402. The maximum absolute atomic E-state index is 5.49. The highest BCUT2D eigenvalue weighted by Gasteiger charge is 2.28. The Morgan fingerprint density at radius 1 is 1.36 bits per heavy atom. The molecule has 0 aliphatic carbocycles. The van der Waals surface area contributed by atoms with E-state index in [1.165, 1.54) is 17.7 Å². The fourth-order valence-electron chi connectivity index (χ4n) is 3.36. The average Bonchev–Trinajstić information content (AvgIpc) is 3.08. The third-order valence-electron chi connectivity index (χ3n) is 6.14. The van der Waals surface area contributed by atoms with Gasteiger partial charge in [0.05, 0.1) is 5.01 Å². The second kappa shape index (κ2) is 9.55. The van der Waals surface area contributed by atoms with Gasteiger partial charge in [-0.05, 0) is 65.2 Å². The van der Waals surface area contributed by atoms with Crippen molar-refractivity contribution in [2.75, 3.05) is 33.4 Å². The molecule has 0 atom stereocenters. The normalized spacial score (nSPS) is 17.2. The Balaban J connectivity index is 1.91. The van der Waals surface area contributed by atoms with E-state index in [-0.39, 0.29) is 11.0 Å². The summed E-state index contributed by atoms with van der Waals surface area (Å²) in [5.41, 5.74) is 2.24. The van der Waals surface area contributed by atoms with Gasteiger partial charge >= 0.3 is 0 Å². The predicted octanol–water partition coefficient (Wildman–Crippen LogP) is 4.92. The molecular weight excluding hydrogens is 366 g/mol. The van der Waals surface area contributed by atoms with Gasteiger partial charge in [-0.2, -0.15) is 0 Å². The summed E-state index contributed by atoms with van der Waals surface area (Å²) in [5, 5.41) is 4.72. The number of rotatable bonds is 9. The van der Waals surface area contributed by atoms with E-state index in [1.54, 1.807) is 11.3 Å². The molecule has 0 spiro atoms. The lowest BCUT2D eigenvalue weighted by Gasteiger charge is -2.39. The molecule has 2 heterocycles. The minimum absolute atomic E-state index is 0.0824. The molecule has 1 aromatic heterocycles. The van der Waals surface area contributed by atoms with E-state index in [2.05, 4.69) is 76.4 Å². The van der Waals surface area contributed by atoms with Gasteiger partial charge in [0.15, 0.2) is 0 Å². The highest BCUT2D eigenvalue weighted by molar-refractivity contribution is 7.11. The van der Waals surface area contributed by atoms with Crippen molar-refractivity contribution < 1.29 is 4.74 Å². The maximum atomic E-state index is 5.49. The van der Waals surface area contributed by atoms with Crippen LogP contribution in [-0.4, -0.2) is 48.8 Å². The minimum atomic E-state index is -0.107. The third-order valence-corrected chi connectivity index (χ3v) is 7.37. The molecule has 4 nitrogen and oxygen atoms in total. The van der Waals surface area contributed by atoms with Crippen LogP contribution in [-0.2, 0) is 10.2 Å². The van der Waals surface area contributed by atoms with Gasteiger partial charge in [-0.1, -0.05) is 20.4 Å². The van der Waals surface area contributed by atoms with Crippen LogP contribution in [0.5, 0.6) is 0 Å². The van der Waals surface area contributed by atoms with Crippen molar-refractivity contribution in [2.24, 2.45) is 5.92 Å². The second-order valence-electron chi connectivity index (χ2n) is 9.32. The molecule has 0 aromatic carbocycles. The van der Waals surface area contributed by atoms with Crippen LogP contribution >= 0.6 is 11.3 Å². The number of nitrogens with zero attached hydrogens (tertiary/aromatic N) is 2. The largest absolute Gasteiger partial charge is 0.387 e. The van der Waals surface area contributed by atoms with Crippen molar-refractivity contribution in [1.29, 1.82) is 0 Å². The second-order valence-corrected chi connectivity index (χ2v) is 10.6. The van der Waals surface area contributed by atoms with Crippen molar-refractivity contribution in [3.8, 4) is 0 Å². The molecular formula is C23H39N3OS. The summed E-state index contributed by atoms with van der Waals surface area (Å²) >= 11 is 1.75. The van der Waals surface area contributed by atoms with Crippen molar-refractivity contribution >= 4 is 11.3 Å². The molecule has 0 unspecified atom stereocenters. The molecule has 1 N–H and O–H groups in total. The van der Waals surface area contributed by atoms with E-state index in [0.717, 1.165) is 48.5 Å². The van der Waals surface area contributed by atoms with Gasteiger partial charge in [0.25, 0.3) is 0 Å². The molecule has 158 valence electrons. The van der Waals surface area contributed by atoms with Crippen LogP contribution in [0.1, 0.15) is 57.3 Å². The zero-order valence-electron chi connectivity index (χ0n) is 18.9. The number of hydrogen-bond donors (Lipinski definition) is 1. The molecule has 0 amide bonds. The first-order chi connectivity index (χ1) is 13.0. The quantitative estimate of drug-likeness (QED) is 0.592. The van der Waals surface area contributed by atoms with Crippen LogP contribution in [0.2, 0.25) is 0 Å². The van der Waals surface area contributed by atoms with Crippen molar-refractivity contribution in [2.45, 2.75) is 65.3 Å². The summed E-state index contributed by atoms with van der Waals surface area (Å²) in [6.45, 7) is 21.5. The average molecular weight is 406 g/mol. The Labute approximate surface area is 176 Å². The number of hydrogen-bond acceptors (Lipinski definition) is 5. The van der Waals surface area contributed by atoms with E-state index in [0.29, 0.717) is 0 Å². The van der Waals surface area contributed by atoms with Gasteiger partial charge < -0.3 is 10.1 Å². The van der Waals surface area contributed by atoms with Crippen LogP contribution in [0.3, 0.4) is 0 Å². The molecule has 5 heteroatoms. The zero-order chi connectivity index (χ0) is 20.9. The van der Waals surface area contributed by atoms with Gasteiger partial charge in [0.1, 0.15) is 0 Å². The first kappa shape index (κ1) is 23.1. The highest BCUT2D eigenvalue weighted by atomic mass is 32.1. The zero-order valence-corrected chi connectivity index (χ0v) is 19.7. The maximum Gasteiger partial charge on any atom is 0.0897 e. The number of likely N-dealkylation sites (N-methyl/N-ethyl adjacent to an activating group) is 1. The summed E-state index contributed by atoms with van der Waals surface area (Å²) in [6.07, 6.45) is 6.53. The number of aryl methyl sites for hydroxylation is 1. The van der Waals surface area contributed by atoms with E-state index in [9.17, 15) is 0 Å². The van der Waals surface area contributed by atoms with Crippen LogP contribution in [0.15, 0.2) is 30.1 Å². The Bertz CT molecular complexity index is 684. The number of allylic oxidation sites excluding steroid dienone is 3. The van der Waals surface area contributed by atoms with E-state index in [4.69, 9.17) is 4.74 Å². The van der Waals surface area contributed by atoms with E-state index in [1.807, 2.05) is 6.20 Å². The summed E-state index contributed by atoms with van der Waals surface area (Å²) in [6, 6.07) is 0. The standard InChI is InChI=1S/C23H39N3OS/c1-17(23(6,7)21-14-24-19(3)28-21)13-18(2)25-16-22(4,5)26(8)15-20-9-11-27-12-10-20/h13-14,20,25H,1,9-12,15-16H2,2-8H3/b18-13+. The van der Waals surface area contributed by atoms with E-state index < -0.39 is 0 Å². The molecule has 2 rings (SSSR count). The number of ether oxygens (including phenoxy) is 1. The fraction of sp³-hybridized carbons (Fsp3) is 0.696. The lowest BCUT2D eigenvalue weighted by Crippen LogP contribution is -2.50. The molecule has 1 saturated heterocycles. The lowest BCUT2D eigenvalue weighted by atomic mass is 9.83. The Morgan fingerprint density at radius 3 is 2.57 bits per heavy atom. The Morgan fingerprint density at radius 2 is 2.00 bits per heavy atom. The molecule has 1 aliphatic rings. The van der Waals surface area contributed by atoms with Gasteiger partial charge in [-0.3, -0.25) is 4.90 Å². The fourth-order valence-corrected chi connectivity index (χ4v) is 4.27. The molecule has 1 aromatic rings. The first-order valence-electron chi connectivity index (χ1n) is 10.4. The smallest absolute Gasteiger partial charge is 0.0897 e. The van der Waals surface area contributed by atoms with Crippen LogP contribution in [0, 0.1) is 12.8 Å². The SMILES string of the molecule is C=C(/C=C(\C)NCC(C)(C)N(C)CC1CCOCC1)C(C)(C)c1cnc(C)s1. The van der Waals surface area contributed by atoms with Gasteiger partial charge in [-0.25, -0.2) is 4.98 Å². The molecule has 0 radical (unpaired) electrons. The Hall–Kier alpha value is -1.17. The summed E-state index contributed by atoms with van der Waals surface area (Å²) < 4.78 is 5.49. The number of nitrogens with one attached hydrogen (secondary N) is 1. The van der Waals surface area contributed by atoms with E-state index >= 15 is 0 Å². The third kappa shape index (κ3) is 6.16. The molecule has 0 bridgehead atoms. The number of thiazole rings is 1. The minimum Gasteiger partial charge on any atom is -0.387 e. The Kier molecular flexibility index (Phi) is 7.89. The van der Waals surface area contributed by atoms with Crippen LogP contribution in [0.4, 0.5) is 0 Å². The van der Waals surface area contributed by atoms with Gasteiger partial charge in [0.2, 0.25) is 0 Å². The van der Waals surface area contributed by atoms with Crippen molar-refractivity contribution in [3.05, 3.63) is 40.0 Å². The molecule has 28 heavy (non-hydrogen) atoms. The summed E-state index contributed by atoms with van der Waals surface area (Å²) in [5.74, 6) is 0.748. The molecule has 1 aliphatic heterocycles. The van der Waals surface area contributed by atoms with Crippen molar-refractivity contribution in [1.82, 2.24) is 15.2 Å². The molecule has 1 fully saturated rings.